The first-order valence-corrected chi connectivity index (χ1v) is 9.83. The van der Waals surface area contributed by atoms with Crippen LogP contribution in [0.2, 0.25) is 0 Å². The van der Waals surface area contributed by atoms with Crippen LogP contribution >= 0.6 is 0 Å². The fraction of sp³-hybridized carbons (Fsp3) is 0.333. The summed E-state index contributed by atoms with van der Waals surface area (Å²) < 4.78 is 102. The van der Waals surface area contributed by atoms with Crippen molar-refractivity contribution in [3.63, 3.8) is 0 Å². The van der Waals surface area contributed by atoms with Crippen LogP contribution in [-0.4, -0.2) is 49.4 Å². The molecule has 1 aromatic heterocycles. The molecule has 1 heterocycles. The molecular weight excluding hydrogens is 418 g/mol. The van der Waals surface area contributed by atoms with Crippen LogP contribution in [0.25, 0.3) is 0 Å². The average Bonchev–Trinajstić information content (AvgIpc) is 3.04. The van der Waals surface area contributed by atoms with Crippen molar-refractivity contribution >= 4 is 20.2 Å². The average molecular weight is 431 g/mol. The first kappa shape index (κ1) is 21.2. The number of sulfonamides is 1. The van der Waals surface area contributed by atoms with E-state index < -0.39 is 49.5 Å². The molecule has 0 aliphatic rings. The zero-order valence-corrected chi connectivity index (χ0v) is 15.4. The molecule has 2 aromatic rings. The van der Waals surface area contributed by atoms with E-state index in [1.165, 1.54) is 14.1 Å². The number of nitrogens with zero attached hydrogens (tertiary/aromatic N) is 4. The van der Waals surface area contributed by atoms with E-state index in [2.05, 4.69) is 10.1 Å². The highest BCUT2D eigenvalue weighted by Crippen LogP contribution is 2.31. The highest BCUT2D eigenvalue weighted by molar-refractivity contribution is 7.89. The Bertz CT molecular complexity index is 1050. The molecule has 27 heavy (non-hydrogen) atoms. The van der Waals surface area contributed by atoms with Crippen molar-refractivity contribution in [2.24, 2.45) is 0 Å². The van der Waals surface area contributed by atoms with Crippen LogP contribution in [0.5, 0.6) is 0 Å². The van der Waals surface area contributed by atoms with E-state index in [1.54, 1.807) is 0 Å². The van der Waals surface area contributed by atoms with E-state index in [0.29, 0.717) is 22.5 Å². The predicted octanol–water partition coefficient (Wildman–Crippen LogP) is 0.569. The summed E-state index contributed by atoms with van der Waals surface area (Å²) in [6.45, 7) is -0.624. The van der Waals surface area contributed by atoms with E-state index in [0.717, 1.165) is 10.4 Å². The van der Waals surface area contributed by atoms with Gasteiger partial charge in [0.2, 0.25) is 0 Å². The van der Waals surface area contributed by atoms with E-state index in [9.17, 15) is 34.4 Å². The fourth-order valence-corrected chi connectivity index (χ4v) is 3.38. The van der Waals surface area contributed by atoms with E-state index in [4.69, 9.17) is 0 Å². The molecule has 150 valence electrons. The maximum absolute atomic E-state index is 13.2. The Balaban J connectivity index is 2.23. The molecule has 0 fully saturated rings. The van der Waals surface area contributed by atoms with Crippen molar-refractivity contribution in [2.75, 3.05) is 14.1 Å². The van der Waals surface area contributed by atoms with Crippen molar-refractivity contribution in [1.29, 1.82) is 0 Å². The van der Waals surface area contributed by atoms with E-state index in [-0.39, 0.29) is 5.56 Å². The van der Waals surface area contributed by atoms with Gasteiger partial charge in [-0.3, -0.25) is 0 Å². The van der Waals surface area contributed by atoms with Crippen LogP contribution in [0.15, 0.2) is 29.7 Å². The third-order valence-electron chi connectivity index (χ3n) is 3.19. The van der Waals surface area contributed by atoms with Crippen LogP contribution in [0, 0.1) is 5.82 Å². The Morgan fingerprint density at radius 3 is 2.37 bits per heavy atom. The second-order valence-electron chi connectivity index (χ2n) is 5.33. The van der Waals surface area contributed by atoms with Gasteiger partial charge in [0, 0.05) is 20.6 Å². The second kappa shape index (κ2) is 7.14. The number of halogens is 4. The standard InChI is InChI=1S/C12H13F4N5O4S2/c1-20(2)27(24,25)21-7-17-11(19-21)26(22,23)18-6-8-3-4-10(13)9(5-8)12(14,15)16/h3-5,7,18H,6H2,1-2H3. The first-order valence-electron chi connectivity index (χ1n) is 6.95. The van der Waals surface area contributed by atoms with Gasteiger partial charge in [-0.15, -0.1) is 9.19 Å². The molecule has 15 heteroatoms. The Morgan fingerprint density at radius 1 is 1.19 bits per heavy atom. The molecule has 2 rings (SSSR count). The fourth-order valence-electron chi connectivity index (χ4n) is 1.78. The van der Waals surface area contributed by atoms with Crippen LogP contribution in [0.1, 0.15) is 11.1 Å². The molecule has 0 bridgehead atoms. The van der Waals surface area contributed by atoms with Gasteiger partial charge in [-0.1, -0.05) is 6.07 Å². The van der Waals surface area contributed by atoms with Gasteiger partial charge in [-0.05, 0) is 17.7 Å². The lowest BCUT2D eigenvalue weighted by molar-refractivity contribution is -0.140. The summed E-state index contributed by atoms with van der Waals surface area (Å²) in [7, 11) is -6.14. The van der Waals surface area contributed by atoms with Gasteiger partial charge in [-0.25, -0.2) is 22.5 Å². The van der Waals surface area contributed by atoms with Gasteiger partial charge < -0.3 is 0 Å². The summed E-state index contributed by atoms with van der Waals surface area (Å²) in [4.78, 5) is 3.38. The molecule has 0 atom stereocenters. The number of aromatic nitrogens is 3. The molecule has 1 aromatic carbocycles. The zero-order valence-electron chi connectivity index (χ0n) is 13.8. The van der Waals surface area contributed by atoms with Gasteiger partial charge >= 0.3 is 16.4 Å². The molecular formula is C12H13F4N5O4S2. The minimum atomic E-state index is -4.94. The molecule has 0 radical (unpaired) electrons. The summed E-state index contributed by atoms with van der Waals surface area (Å²) in [5.74, 6) is -1.50. The van der Waals surface area contributed by atoms with Gasteiger partial charge in [0.05, 0.1) is 5.56 Å². The van der Waals surface area contributed by atoms with Gasteiger partial charge in [0.15, 0.2) is 0 Å². The first-order chi connectivity index (χ1) is 12.2. The Kier molecular flexibility index (Phi) is 5.61. The maximum Gasteiger partial charge on any atom is 0.419 e. The highest BCUT2D eigenvalue weighted by atomic mass is 32.2. The number of hydrogen-bond acceptors (Lipinski definition) is 6. The van der Waals surface area contributed by atoms with E-state index in [1.807, 2.05) is 4.72 Å². The SMILES string of the molecule is CN(C)S(=O)(=O)n1cnc(S(=O)(=O)NCc2ccc(F)c(C(F)(F)F)c2)n1. The van der Waals surface area contributed by atoms with Crippen LogP contribution in [-0.2, 0) is 33.0 Å². The minimum absolute atomic E-state index is 0.173. The quantitative estimate of drug-likeness (QED) is 0.669. The topological polar surface area (TPSA) is 114 Å². The van der Waals surface area contributed by atoms with Gasteiger partial charge in [0.25, 0.3) is 15.2 Å². The predicted molar refractivity (Wildman–Crippen MR) is 83.5 cm³/mol. The number of alkyl halides is 3. The minimum Gasteiger partial charge on any atom is -0.206 e. The molecule has 0 saturated carbocycles. The molecule has 0 aliphatic carbocycles. The number of nitrogens with one attached hydrogen (secondary N) is 1. The zero-order chi connectivity index (χ0) is 20.6. The number of benzene rings is 1. The summed E-state index contributed by atoms with van der Waals surface area (Å²) >= 11 is 0. The van der Waals surface area contributed by atoms with Crippen molar-refractivity contribution in [2.45, 2.75) is 17.9 Å². The number of hydrogen-bond donors (Lipinski definition) is 1. The number of rotatable bonds is 6. The summed E-state index contributed by atoms with van der Waals surface area (Å²) in [6.07, 6.45) is -4.29. The normalized spacial score (nSPS) is 13.3. The van der Waals surface area contributed by atoms with Crippen molar-refractivity contribution < 1.29 is 34.4 Å². The van der Waals surface area contributed by atoms with Crippen LogP contribution < -0.4 is 4.72 Å². The monoisotopic (exact) mass is 431 g/mol. The third-order valence-corrected chi connectivity index (χ3v) is 5.96. The molecule has 1 N–H and O–H groups in total. The Labute approximate surface area is 151 Å². The maximum atomic E-state index is 13.2. The smallest absolute Gasteiger partial charge is 0.206 e. The van der Waals surface area contributed by atoms with Gasteiger partial charge in [0.1, 0.15) is 12.1 Å². The molecule has 0 aliphatic heterocycles. The summed E-state index contributed by atoms with van der Waals surface area (Å²) in [5, 5.41) is 2.45. The van der Waals surface area contributed by atoms with Crippen LogP contribution in [0.3, 0.4) is 0 Å². The van der Waals surface area contributed by atoms with Crippen LogP contribution in [0.4, 0.5) is 17.6 Å². The lowest BCUT2D eigenvalue weighted by Gasteiger charge is -2.10. The molecule has 0 amide bonds. The lowest BCUT2D eigenvalue weighted by Crippen LogP contribution is -2.30. The molecule has 9 nitrogen and oxygen atoms in total. The van der Waals surface area contributed by atoms with Gasteiger partial charge in [-0.2, -0.15) is 25.9 Å². The largest absolute Gasteiger partial charge is 0.419 e. The second-order valence-corrected chi connectivity index (χ2v) is 8.99. The Morgan fingerprint density at radius 2 is 1.81 bits per heavy atom. The summed E-state index contributed by atoms with van der Waals surface area (Å²) in [6, 6.07) is 1.99. The molecule has 0 spiro atoms. The van der Waals surface area contributed by atoms with E-state index >= 15 is 0 Å². The van der Waals surface area contributed by atoms with Crippen molar-refractivity contribution in [3.05, 3.63) is 41.5 Å². The summed E-state index contributed by atoms with van der Waals surface area (Å²) in [5.41, 5.74) is -1.72. The molecule has 0 unspecified atom stereocenters. The van der Waals surface area contributed by atoms with Crippen molar-refractivity contribution in [1.82, 2.24) is 23.2 Å². The van der Waals surface area contributed by atoms with Crippen molar-refractivity contribution in [3.8, 4) is 0 Å². The highest BCUT2D eigenvalue weighted by Gasteiger charge is 2.34. The molecule has 0 saturated heterocycles. The third kappa shape index (κ3) is 4.60. The lowest BCUT2D eigenvalue weighted by atomic mass is 10.1. The Hall–Kier alpha value is -2.10.